The van der Waals surface area contributed by atoms with Crippen molar-refractivity contribution in [3.8, 4) is 0 Å². The SMILES string of the molecule is C=CCNC(=NC)N1CCC(C(=O)OC)CC1. The molecular weight excluding hydrogens is 218 g/mol. The quantitative estimate of drug-likeness (QED) is 0.340. The van der Waals surface area contributed by atoms with Gasteiger partial charge in [0.15, 0.2) is 5.96 Å². The monoisotopic (exact) mass is 239 g/mol. The van der Waals surface area contributed by atoms with Crippen molar-refractivity contribution in [2.45, 2.75) is 12.8 Å². The summed E-state index contributed by atoms with van der Waals surface area (Å²) in [5, 5.41) is 3.19. The highest BCUT2D eigenvalue weighted by Gasteiger charge is 2.26. The third-order valence-corrected chi connectivity index (χ3v) is 2.95. The number of nitrogens with one attached hydrogen (secondary N) is 1. The molecule has 0 aromatic carbocycles. The molecule has 0 aliphatic carbocycles. The maximum absolute atomic E-state index is 11.4. The van der Waals surface area contributed by atoms with Crippen LogP contribution in [0.4, 0.5) is 0 Å². The third-order valence-electron chi connectivity index (χ3n) is 2.95. The molecular formula is C12H21N3O2. The normalized spacial score (nSPS) is 17.8. The topological polar surface area (TPSA) is 53.9 Å². The molecule has 0 aromatic rings. The van der Waals surface area contributed by atoms with Crippen molar-refractivity contribution in [1.82, 2.24) is 10.2 Å². The number of hydrogen-bond donors (Lipinski definition) is 1. The second kappa shape index (κ2) is 6.93. The molecule has 5 heteroatoms. The van der Waals surface area contributed by atoms with E-state index in [2.05, 4.69) is 21.8 Å². The minimum absolute atomic E-state index is 0.0359. The summed E-state index contributed by atoms with van der Waals surface area (Å²) in [4.78, 5) is 17.7. The van der Waals surface area contributed by atoms with Crippen LogP contribution in [0.5, 0.6) is 0 Å². The summed E-state index contributed by atoms with van der Waals surface area (Å²) in [5.74, 6) is 0.806. The molecule has 17 heavy (non-hydrogen) atoms. The summed E-state index contributed by atoms with van der Waals surface area (Å²) in [5.41, 5.74) is 0. The standard InChI is InChI=1S/C12H21N3O2/c1-4-7-14-12(13-2)15-8-5-10(6-9-15)11(16)17-3/h4,10H,1,5-9H2,2-3H3,(H,13,14). The summed E-state index contributed by atoms with van der Waals surface area (Å²) >= 11 is 0. The Bertz CT molecular complexity index is 294. The number of aliphatic imine (C=N–C) groups is 1. The van der Waals surface area contributed by atoms with Gasteiger partial charge in [-0.1, -0.05) is 6.08 Å². The van der Waals surface area contributed by atoms with Crippen LogP contribution in [0.15, 0.2) is 17.6 Å². The van der Waals surface area contributed by atoms with Gasteiger partial charge in [-0.2, -0.15) is 0 Å². The van der Waals surface area contributed by atoms with E-state index in [0.717, 1.165) is 31.9 Å². The maximum atomic E-state index is 11.4. The van der Waals surface area contributed by atoms with Gasteiger partial charge in [-0.3, -0.25) is 9.79 Å². The molecule has 1 rings (SSSR count). The van der Waals surface area contributed by atoms with Gasteiger partial charge in [-0.25, -0.2) is 0 Å². The largest absolute Gasteiger partial charge is 0.469 e. The van der Waals surface area contributed by atoms with E-state index < -0.39 is 0 Å². The van der Waals surface area contributed by atoms with Crippen LogP contribution in [0, 0.1) is 5.92 Å². The van der Waals surface area contributed by atoms with E-state index in [9.17, 15) is 4.79 Å². The maximum Gasteiger partial charge on any atom is 0.308 e. The van der Waals surface area contributed by atoms with E-state index in [0.29, 0.717) is 6.54 Å². The Morgan fingerprint density at radius 3 is 2.71 bits per heavy atom. The molecule has 0 bridgehead atoms. The summed E-state index contributed by atoms with van der Waals surface area (Å²) in [6.07, 6.45) is 3.44. The van der Waals surface area contributed by atoms with Gasteiger partial charge in [-0.05, 0) is 12.8 Å². The van der Waals surface area contributed by atoms with Crippen molar-refractivity contribution >= 4 is 11.9 Å². The second-order valence-corrected chi connectivity index (χ2v) is 4.00. The zero-order valence-corrected chi connectivity index (χ0v) is 10.6. The lowest BCUT2D eigenvalue weighted by atomic mass is 9.97. The molecule has 5 nitrogen and oxygen atoms in total. The van der Waals surface area contributed by atoms with Crippen LogP contribution in [0.1, 0.15) is 12.8 Å². The number of carbonyl (C=O) groups excluding carboxylic acids is 1. The van der Waals surface area contributed by atoms with E-state index in [-0.39, 0.29) is 11.9 Å². The van der Waals surface area contributed by atoms with Crippen LogP contribution in [0.2, 0.25) is 0 Å². The number of ether oxygens (including phenoxy) is 1. The highest BCUT2D eigenvalue weighted by Crippen LogP contribution is 2.18. The molecule has 1 aliphatic heterocycles. The van der Waals surface area contributed by atoms with Gasteiger partial charge in [0.25, 0.3) is 0 Å². The molecule has 1 heterocycles. The fourth-order valence-electron chi connectivity index (χ4n) is 1.99. The second-order valence-electron chi connectivity index (χ2n) is 4.00. The number of esters is 1. The van der Waals surface area contributed by atoms with Crippen molar-refractivity contribution in [3.63, 3.8) is 0 Å². The van der Waals surface area contributed by atoms with E-state index in [1.165, 1.54) is 7.11 Å². The Morgan fingerprint density at radius 1 is 1.59 bits per heavy atom. The van der Waals surface area contributed by atoms with Gasteiger partial charge in [0, 0.05) is 26.7 Å². The Hall–Kier alpha value is -1.52. The van der Waals surface area contributed by atoms with Gasteiger partial charge >= 0.3 is 5.97 Å². The zero-order chi connectivity index (χ0) is 12.7. The van der Waals surface area contributed by atoms with Crippen LogP contribution >= 0.6 is 0 Å². The summed E-state index contributed by atoms with van der Waals surface area (Å²) in [6, 6.07) is 0. The molecule has 1 aliphatic rings. The van der Waals surface area contributed by atoms with Gasteiger partial charge in [0.2, 0.25) is 0 Å². The van der Waals surface area contributed by atoms with Crippen LogP contribution in [-0.4, -0.2) is 50.6 Å². The van der Waals surface area contributed by atoms with Gasteiger partial charge in [-0.15, -0.1) is 6.58 Å². The minimum Gasteiger partial charge on any atom is -0.469 e. The van der Waals surface area contributed by atoms with Crippen molar-refractivity contribution < 1.29 is 9.53 Å². The summed E-state index contributed by atoms with van der Waals surface area (Å²) in [7, 11) is 3.21. The van der Waals surface area contributed by atoms with Crippen molar-refractivity contribution in [1.29, 1.82) is 0 Å². The Labute approximate surface area is 103 Å². The summed E-state index contributed by atoms with van der Waals surface area (Å²) < 4.78 is 4.76. The number of piperidine rings is 1. The number of rotatable bonds is 3. The summed E-state index contributed by atoms with van der Waals surface area (Å²) in [6.45, 7) is 6.02. The molecule has 0 saturated carbocycles. The molecule has 0 aromatic heterocycles. The number of hydrogen-bond acceptors (Lipinski definition) is 3. The lowest BCUT2D eigenvalue weighted by Gasteiger charge is -2.32. The van der Waals surface area contributed by atoms with Crippen LogP contribution in [0.3, 0.4) is 0 Å². The number of methoxy groups -OCH3 is 1. The average molecular weight is 239 g/mol. The van der Waals surface area contributed by atoms with Gasteiger partial charge in [0.1, 0.15) is 0 Å². The molecule has 0 spiro atoms. The van der Waals surface area contributed by atoms with E-state index in [4.69, 9.17) is 4.74 Å². The number of likely N-dealkylation sites (tertiary alicyclic amines) is 1. The highest BCUT2D eigenvalue weighted by molar-refractivity contribution is 5.80. The smallest absolute Gasteiger partial charge is 0.308 e. The van der Waals surface area contributed by atoms with Crippen molar-refractivity contribution in [3.05, 3.63) is 12.7 Å². The molecule has 1 fully saturated rings. The lowest BCUT2D eigenvalue weighted by Crippen LogP contribution is -2.46. The highest BCUT2D eigenvalue weighted by atomic mass is 16.5. The third kappa shape index (κ3) is 3.76. The van der Waals surface area contributed by atoms with E-state index in [1.807, 2.05) is 0 Å². The van der Waals surface area contributed by atoms with Crippen molar-refractivity contribution in [2.75, 3.05) is 33.8 Å². The predicted octanol–water partition coefficient (Wildman–Crippen LogP) is 0.633. The van der Waals surface area contributed by atoms with E-state index >= 15 is 0 Å². The molecule has 1 saturated heterocycles. The number of nitrogens with zero attached hydrogens (tertiary/aromatic N) is 2. The first-order chi connectivity index (χ1) is 8.22. The molecule has 0 radical (unpaired) electrons. The average Bonchev–Trinajstić information content (AvgIpc) is 2.39. The van der Waals surface area contributed by atoms with Crippen molar-refractivity contribution in [2.24, 2.45) is 10.9 Å². The number of guanidine groups is 1. The first-order valence-electron chi connectivity index (χ1n) is 5.87. The molecule has 0 atom stereocenters. The fourth-order valence-corrected chi connectivity index (χ4v) is 1.99. The van der Waals surface area contributed by atoms with Gasteiger partial charge in [0.05, 0.1) is 13.0 Å². The first kappa shape index (κ1) is 13.5. The zero-order valence-electron chi connectivity index (χ0n) is 10.6. The molecule has 1 N–H and O–H groups in total. The van der Waals surface area contributed by atoms with Crippen LogP contribution in [-0.2, 0) is 9.53 Å². The van der Waals surface area contributed by atoms with E-state index in [1.54, 1.807) is 13.1 Å². The number of carbonyl (C=O) groups is 1. The Balaban J connectivity index is 2.44. The Morgan fingerprint density at radius 2 is 2.24 bits per heavy atom. The first-order valence-corrected chi connectivity index (χ1v) is 5.87. The predicted molar refractivity (Wildman–Crippen MR) is 67.9 cm³/mol. The minimum atomic E-state index is -0.0984. The molecule has 96 valence electrons. The fraction of sp³-hybridized carbons (Fsp3) is 0.667. The van der Waals surface area contributed by atoms with Gasteiger partial charge < -0.3 is 15.0 Å². The molecule has 0 unspecified atom stereocenters. The van der Waals surface area contributed by atoms with Crippen LogP contribution < -0.4 is 5.32 Å². The Kier molecular flexibility index (Phi) is 5.52. The van der Waals surface area contributed by atoms with Crippen LogP contribution in [0.25, 0.3) is 0 Å². The molecule has 0 amide bonds. The lowest BCUT2D eigenvalue weighted by molar-refractivity contribution is -0.146.